The molecule has 3 atom stereocenters. The highest BCUT2D eigenvalue weighted by Crippen LogP contribution is 2.48. The second-order valence-electron chi connectivity index (χ2n) is 13.1. The molecule has 8 nitrogen and oxygen atoms in total. The van der Waals surface area contributed by atoms with Crippen LogP contribution >= 0.6 is 0 Å². The van der Waals surface area contributed by atoms with Crippen molar-refractivity contribution in [2.45, 2.75) is 90.5 Å². The van der Waals surface area contributed by atoms with Crippen molar-refractivity contribution >= 4 is 11.1 Å². The summed E-state index contributed by atoms with van der Waals surface area (Å²) < 4.78 is 37.5. The molecule has 7 rings (SSSR count). The highest BCUT2D eigenvalue weighted by molar-refractivity contribution is 5.96. The summed E-state index contributed by atoms with van der Waals surface area (Å²) in [7, 11) is 0. The Kier molecular flexibility index (Phi) is 8.97. The second-order valence-corrected chi connectivity index (χ2v) is 13.1. The molecule has 0 amide bonds. The van der Waals surface area contributed by atoms with Crippen LogP contribution in [0.4, 0.5) is 0 Å². The third-order valence-electron chi connectivity index (χ3n) is 9.05. The maximum Gasteiger partial charge on any atom is 0.199 e. The Balaban J connectivity index is 1.21. The predicted octanol–water partition coefficient (Wildman–Crippen LogP) is 8.91. The van der Waals surface area contributed by atoms with Gasteiger partial charge in [-0.2, -0.15) is 0 Å². The van der Waals surface area contributed by atoms with Crippen LogP contribution in [0.1, 0.15) is 93.6 Å². The Morgan fingerprint density at radius 2 is 1.47 bits per heavy atom. The molecule has 3 aromatic carbocycles. The van der Waals surface area contributed by atoms with Crippen LogP contribution in [0, 0.1) is 6.92 Å². The SMILES string of the molecule is CC1=C(c2cccc(OC3CCCCO3)c2)[C@H](c2ccc(OC(C)(C)c3ncc(C)[nH]3)cc2)Oc2ccc(OC3CCCCO3)cc21. The highest BCUT2D eigenvalue weighted by atomic mass is 16.7. The summed E-state index contributed by atoms with van der Waals surface area (Å²) in [5.41, 5.74) is 5.61. The number of aryl methyl sites for hydroxylation is 1. The van der Waals surface area contributed by atoms with Crippen molar-refractivity contribution in [2.24, 2.45) is 0 Å². The third kappa shape index (κ3) is 7.04. The van der Waals surface area contributed by atoms with Crippen LogP contribution in [0.15, 0.2) is 72.9 Å². The maximum atomic E-state index is 6.84. The Morgan fingerprint density at radius 3 is 2.11 bits per heavy atom. The molecule has 2 saturated heterocycles. The molecule has 3 aliphatic rings. The van der Waals surface area contributed by atoms with Crippen molar-refractivity contribution in [1.82, 2.24) is 9.97 Å². The number of H-pyrrole nitrogens is 1. The van der Waals surface area contributed by atoms with Crippen LogP contribution in [0.5, 0.6) is 23.0 Å². The molecule has 0 radical (unpaired) electrons. The van der Waals surface area contributed by atoms with Crippen LogP contribution in [0.25, 0.3) is 11.1 Å². The maximum absolute atomic E-state index is 6.84. The van der Waals surface area contributed by atoms with Crippen molar-refractivity contribution < 1.29 is 28.4 Å². The van der Waals surface area contributed by atoms with Gasteiger partial charge in [-0.05, 0) is 113 Å². The number of nitrogens with one attached hydrogen (secondary N) is 1. The number of fused-ring (bicyclic) bond motifs is 1. The fraction of sp³-hybridized carbons (Fsp3) is 0.410. The summed E-state index contributed by atoms with van der Waals surface area (Å²) in [5, 5.41) is 0. The number of ether oxygens (including phenoxy) is 6. The number of rotatable bonds is 9. The van der Waals surface area contributed by atoms with Crippen LogP contribution in [0.3, 0.4) is 0 Å². The molecule has 4 heterocycles. The van der Waals surface area contributed by atoms with Gasteiger partial charge < -0.3 is 33.4 Å². The van der Waals surface area contributed by atoms with Gasteiger partial charge in [0.25, 0.3) is 0 Å². The lowest BCUT2D eigenvalue weighted by Crippen LogP contribution is -2.27. The van der Waals surface area contributed by atoms with Gasteiger partial charge in [0.2, 0.25) is 0 Å². The van der Waals surface area contributed by atoms with E-state index in [1.165, 1.54) is 0 Å². The lowest BCUT2D eigenvalue weighted by molar-refractivity contribution is -0.106. The topological polar surface area (TPSA) is 84.1 Å². The van der Waals surface area contributed by atoms with E-state index < -0.39 is 5.60 Å². The number of aromatic amines is 1. The molecule has 47 heavy (non-hydrogen) atoms. The van der Waals surface area contributed by atoms with E-state index >= 15 is 0 Å². The first-order valence-electron chi connectivity index (χ1n) is 16.8. The van der Waals surface area contributed by atoms with Crippen molar-refractivity contribution in [3.8, 4) is 23.0 Å². The Morgan fingerprint density at radius 1 is 0.787 bits per heavy atom. The van der Waals surface area contributed by atoms with Crippen molar-refractivity contribution in [3.63, 3.8) is 0 Å². The minimum Gasteiger partial charge on any atom is -0.480 e. The molecule has 246 valence electrons. The fourth-order valence-electron chi connectivity index (χ4n) is 6.53. The summed E-state index contributed by atoms with van der Waals surface area (Å²) in [5.74, 6) is 3.90. The van der Waals surface area contributed by atoms with Gasteiger partial charge >= 0.3 is 0 Å². The molecule has 0 bridgehead atoms. The third-order valence-corrected chi connectivity index (χ3v) is 9.05. The van der Waals surface area contributed by atoms with E-state index in [9.17, 15) is 0 Å². The van der Waals surface area contributed by atoms with E-state index in [0.717, 1.165) is 114 Å². The van der Waals surface area contributed by atoms with E-state index in [-0.39, 0.29) is 18.7 Å². The van der Waals surface area contributed by atoms with Gasteiger partial charge in [0.1, 0.15) is 34.9 Å². The van der Waals surface area contributed by atoms with Crippen LogP contribution in [-0.2, 0) is 15.1 Å². The lowest BCUT2D eigenvalue weighted by atomic mass is 9.86. The van der Waals surface area contributed by atoms with Crippen LogP contribution in [-0.4, -0.2) is 35.8 Å². The summed E-state index contributed by atoms with van der Waals surface area (Å²) in [4.78, 5) is 7.79. The van der Waals surface area contributed by atoms with E-state index in [2.05, 4.69) is 47.2 Å². The minimum atomic E-state index is -0.622. The summed E-state index contributed by atoms with van der Waals surface area (Å²) in [6, 6.07) is 22.5. The standard InChI is InChI=1S/C39H44N2O6/c1-25-24-40-38(41-25)39(3,4)47-29-16-14-27(15-17-29)37-36(28-10-9-11-30(22-28)44-34-12-5-7-20-42-34)26(2)32-23-31(18-19-33(32)46-37)45-35-13-6-8-21-43-35/h9-11,14-19,22-24,34-35,37H,5-8,12-13,20-21H2,1-4H3,(H,40,41)/t34?,35?,37-/m0/s1. The minimum absolute atomic E-state index is 0.221. The van der Waals surface area contributed by atoms with E-state index in [4.69, 9.17) is 28.4 Å². The molecule has 4 aromatic rings. The molecule has 1 aromatic heterocycles. The molecule has 2 unspecified atom stereocenters. The Hall–Kier alpha value is -4.27. The number of benzene rings is 3. The van der Waals surface area contributed by atoms with Gasteiger partial charge in [-0.25, -0.2) is 4.98 Å². The Labute approximate surface area is 277 Å². The van der Waals surface area contributed by atoms with Gasteiger partial charge in [-0.3, -0.25) is 0 Å². The molecule has 0 saturated carbocycles. The Bertz CT molecular complexity index is 1710. The van der Waals surface area contributed by atoms with E-state index in [0.29, 0.717) is 0 Å². The second kappa shape index (κ2) is 13.5. The van der Waals surface area contributed by atoms with Gasteiger partial charge in [-0.1, -0.05) is 24.3 Å². The fourth-order valence-corrected chi connectivity index (χ4v) is 6.53. The largest absolute Gasteiger partial charge is 0.480 e. The molecule has 2 fully saturated rings. The zero-order valence-electron chi connectivity index (χ0n) is 27.7. The molecule has 3 aliphatic heterocycles. The van der Waals surface area contributed by atoms with Gasteiger partial charge in [0.15, 0.2) is 18.2 Å². The smallest absolute Gasteiger partial charge is 0.199 e. The summed E-state index contributed by atoms with van der Waals surface area (Å²) in [6.07, 6.45) is 7.17. The summed E-state index contributed by atoms with van der Waals surface area (Å²) >= 11 is 0. The molecule has 8 heteroatoms. The van der Waals surface area contributed by atoms with Gasteiger partial charge in [-0.15, -0.1) is 0 Å². The number of hydrogen-bond donors (Lipinski definition) is 1. The monoisotopic (exact) mass is 636 g/mol. The van der Waals surface area contributed by atoms with Crippen molar-refractivity contribution in [3.05, 3.63) is 101 Å². The van der Waals surface area contributed by atoms with Crippen LogP contribution < -0.4 is 18.9 Å². The first kappa shape index (κ1) is 31.3. The molecular weight excluding hydrogens is 592 g/mol. The average Bonchev–Trinajstić information content (AvgIpc) is 3.53. The van der Waals surface area contributed by atoms with E-state index in [1.807, 2.05) is 63.4 Å². The molecule has 1 N–H and O–H groups in total. The first-order valence-corrected chi connectivity index (χ1v) is 16.8. The molecule has 0 spiro atoms. The lowest BCUT2D eigenvalue weighted by Gasteiger charge is -2.32. The predicted molar refractivity (Wildman–Crippen MR) is 181 cm³/mol. The van der Waals surface area contributed by atoms with Gasteiger partial charge in [0, 0.05) is 35.9 Å². The normalized spacial score (nSPS) is 21.5. The highest BCUT2D eigenvalue weighted by Gasteiger charge is 2.31. The average molecular weight is 637 g/mol. The van der Waals surface area contributed by atoms with Gasteiger partial charge in [0.05, 0.1) is 13.2 Å². The zero-order valence-corrected chi connectivity index (χ0v) is 27.7. The van der Waals surface area contributed by atoms with Crippen molar-refractivity contribution in [2.75, 3.05) is 13.2 Å². The number of hydrogen-bond acceptors (Lipinski definition) is 7. The van der Waals surface area contributed by atoms with E-state index in [1.54, 1.807) is 0 Å². The zero-order chi connectivity index (χ0) is 32.4. The summed E-state index contributed by atoms with van der Waals surface area (Å²) in [6.45, 7) is 9.63. The molecular formula is C39H44N2O6. The quantitative estimate of drug-likeness (QED) is 0.196. The van der Waals surface area contributed by atoms with Crippen LogP contribution in [0.2, 0.25) is 0 Å². The van der Waals surface area contributed by atoms with Crippen molar-refractivity contribution in [1.29, 1.82) is 0 Å². The number of nitrogens with zero attached hydrogens (tertiary/aromatic N) is 1. The number of imidazole rings is 1. The number of allylic oxidation sites excluding steroid dienone is 1. The first-order chi connectivity index (χ1) is 22.8. The number of aromatic nitrogens is 2. The molecule has 0 aliphatic carbocycles.